The van der Waals surface area contributed by atoms with Gasteiger partial charge in [-0.3, -0.25) is 14.8 Å². The summed E-state index contributed by atoms with van der Waals surface area (Å²) in [6.07, 6.45) is 9.65. The van der Waals surface area contributed by atoms with Crippen LogP contribution in [0.25, 0.3) is 0 Å². The van der Waals surface area contributed by atoms with Crippen molar-refractivity contribution in [2.45, 2.75) is 51.5 Å². The highest BCUT2D eigenvalue weighted by Gasteiger charge is 2.31. The fourth-order valence-corrected chi connectivity index (χ4v) is 4.03. The fourth-order valence-electron chi connectivity index (χ4n) is 4.03. The Hall–Kier alpha value is -2.23. The van der Waals surface area contributed by atoms with Crippen molar-refractivity contribution in [3.8, 4) is 0 Å². The molecule has 0 spiro atoms. The molecule has 1 aliphatic heterocycles. The topological polar surface area (TPSA) is 46.1 Å². The monoisotopic (exact) mass is 321 g/mol. The molecule has 1 atom stereocenters. The molecule has 2 heterocycles. The summed E-state index contributed by atoms with van der Waals surface area (Å²) >= 11 is 0. The molecule has 4 nitrogen and oxygen atoms in total. The highest BCUT2D eigenvalue weighted by molar-refractivity contribution is 5.79. The molecular weight excluding hydrogens is 298 g/mol. The third kappa shape index (κ3) is 2.93. The Morgan fingerprint density at radius 1 is 1.21 bits per heavy atom. The van der Waals surface area contributed by atoms with Gasteiger partial charge in [-0.05, 0) is 55.7 Å². The number of likely N-dealkylation sites (tertiary alicyclic amines) is 1. The molecule has 2 aromatic rings. The van der Waals surface area contributed by atoms with Crippen LogP contribution in [0.5, 0.6) is 0 Å². The second kappa shape index (κ2) is 6.34. The lowest BCUT2D eigenvalue weighted by Crippen LogP contribution is -2.32. The highest BCUT2D eigenvalue weighted by Crippen LogP contribution is 2.31. The third-order valence-corrected chi connectivity index (χ3v) is 5.21. The van der Waals surface area contributed by atoms with Gasteiger partial charge in [0.2, 0.25) is 5.91 Å². The van der Waals surface area contributed by atoms with Crippen LogP contribution in [0.3, 0.4) is 0 Å². The minimum atomic E-state index is 0.0827. The average molecular weight is 321 g/mol. The van der Waals surface area contributed by atoms with Crippen molar-refractivity contribution in [2.75, 3.05) is 6.54 Å². The van der Waals surface area contributed by atoms with Gasteiger partial charge in [0.05, 0.1) is 30.0 Å². The fraction of sp³-hybridized carbons (Fsp3) is 0.450. The van der Waals surface area contributed by atoms with Gasteiger partial charge in [-0.2, -0.15) is 0 Å². The van der Waals surface area contributed by atoms with Crippen LogP contribution in [0.2, 0.25) is 0 Å². The maximum absolute atomic E-state index is 12.9. The average Bonchev–Trinajstić information content (AvgIpc) is 3.23. The van der Waals surface area contributed by atoms with Crippen molar-refractivity contribution in [2.24, 2.45) is 0 Å². The summed E-state index contributed by atoms with van der Waals surface area (Å²) in [5, 5.41) is 0. The van der Waals surface area contributed by atoms with Crippen molar-refractivity contribution < 1.29 is 4.79 Å². The van der Waals surface area contributed by atoms with E-state index in [4.69, 9.17) is 0 Å². The van der Waals surface area contributed by atoms with Crippen molar-refractivity contribution in [3.63, 3.8) is 0 Å². The first-order chi connectivity index (χ1) is 11.7. The number of amides is 1. The van der Waals surface area contributed by atoms with Gasteiger partial charge in [0.25, 0.3) is 0 Å². The Labute approximate surface area is 142 Å². The lowest BCUT2D eigenvalue weighted by molar-refractivity contribution is -0.131. The zero-order valence-corrected chi connectivity index (χ0v) is 14.2. The van der Waals surface area contributed by atoms with Gasteiger partial charge in [-0.25, -0.2) is 0 Å². The molecule has 4 heteroatoms. The molecule has 0 saturated carbocycles. The SMILES string of the molecule is Cc1cncc(C2CCCN2C(=O)Cc2ccc3c(c2)CCC3)n1. The first-order valence-corrected chi connectivity index (χ1v) is 8.89. The van der Waals surface area contributed by atoms with Crippen LogP contribution in [-0.2, 0) is 24.1 Å². The second-order valence-electron chi connectivity index (χ2n) is 6.96. The molecule has 1 saturated heterocycles. The molecule has 0 bridgehead atoms. The molecule has 1 unspecified atom stereocenters. The first-order valence-electron chi connectivity index (χ1n) is 8.89. The molecule has 4 rings (SSSR count). The molecule has 0 radical (unpaired) electrons. The second-order valence-corrected chi connectivity index (χ2v) is 6.96. The summed E-state index contributed by atoms with van der Waals surface area (Å²) < 4.78 is 0. The predicted molar refractivity (Wildman–Crippen MR) is 92.6 cm³/mol. The van der Waals surface area contributed by atoms with Crippen LogP contribution in [0.4, 0.5) is 0 Å². The molecule has 1 aliphatic carbocycles. The number of aryl methyl sites for hydroxylation is 3. The van der Waals surface area contributed by atoms with Crippen LogP contribution in [0.1, 0.15) is 53.4 Å². The van der Waals surface area contributed by atoms with Crippen LogP contribution in [0.15, 0.2) is 30.6 Å². The van der Waals surface area contributed by atoms with Gasteiger partial charge in [-0.15, -0.1) is 0 Å². The maximum Gasteiger partial charge on any atom is 0.227 e. The largest absolute Gasteiger partial charge is 0.334 e. The van der Waals surface area contributed by atoms with Crippen molar-refractivity contribution in [1.29, 1.82) is 0 Å². The molecule has 1 aromatic carbocycles. The van der Waals surface area contributed by atoms with E-state index in [1.807, 2.05) is 11.8 Å². The molecular formula is C20H23N3O. The zero-order chi connectivity index (χ0) is 16.5. The maximum atomic E-state index is 12.9. The van der Waals surface area contributed by atoms with E-state index in [1.54, 1.807) is 12.4 Å². The molecule has 1 amide bonds. The summed E-state index contributed by atoms with van der Waals surface area (Å²) in [5.74, 6) is 0.207. The number of nitrogens with zero attached hydrogens (tertiary/aromatic N) is 3. The van der Waals surface area contributed by atoms with E-state index < -0.39 is 0 Å². The number of rotatable bonds is 3. The van der Waals surface area contributed by atoms with E-state index in [9.17, 15) is 4.79 Å². The Morgan fingerprint density at radius 2 is 2.08 bits per heavy atom. The number of hydrogen-bond donors (Lipinski definition) is 0. The Bertz CT molecular complexity index is 771. The van der Waals surface area contributed by atoms with E-state index in [-0.39, 0.29) is 11.9 Å². The zero-order valence-electron chi connectivity index (χ0n) is 14.2. The van der Waals surface area contributed by atoms with E-state index in [2.05, 4.69) is 28.2 Å². The number of carbonyl (C=O) groups is 1. The Morgan fingerprint density at radius 3 is 2.96 bits per heavy atom. The van der Waals surface area contributed by atoms with E-state index in [0.717, 1.165) is 42.8 Å². The van der Waals surface area contributed by atoms with Gasteiger partial charge in [0, 0.05) is 12.7 Å². The normalized spacial score (nSPS) is 19.5. The van der Waals surface area contributed by atoms with Crippen molar-refractivity contribution in [3.05, 3.63) is 58.7 Å². The number of benzene rings is 1. The predicted octanol–water partition coefficient (Wildman–Crippen LogP) is 3.18. The molecule has 1 fully saturated rings. The highest BCUT2D eigenvalue weighted by atomic mass is 16.2. The van der Waals surface area contributed by atoms with E-state index in [1.165, 1.54) is 24.0 Å². The summed E-state index contributed by atoms with van der Waals surface area (Å²) in [4.78, 5) is 23.7. The smallest absolute Gasteiger partial charge is 0.227 e. The van der Waals surface area contributed by atoms with Gasteiger partial charge < -0.3 is 4.90 Å². The summed E-state index contributed by atoms with van der Waals surface area (Å²) in [5.41, 5.74) is 5.87. The number of hydrogen-bond acceptors (Lipinski definition) is 3. The molecule has 1 aromatic heterocycles. The van der Waals surface area contributed by atoms with Crippen LogP contribution >= 0.6 is 0 Å². The van der Waals surface area contributed by atoms with Crippen molar-refractivity contribution >= 4 is 5.91 Å². The minimum absolute atomic E-state index is 0.0827. The first kappa shape index (κ1) is 15.3. The quantitative estimate of drug-likeness (QED) is 0.872. The van der Waals surface area contributed by atoms with Gasteiger partial charge in [0.1, 0.15) is 0 Å². The molecule has 24 heavy (non-hydrogen) atoms. The van der Waals surface area contributed by atoms with Crippen LogP contribution in [0, 0.1) is 6.92 Å². The van der Waals surface area contributed by atoms with E-state index >= 15 is 0 Å². The minimum Gasteiger partial charge on any atom is -0.334 e. The van der Waals surface area contributed by atoms with Gasteiger partial charge in [0.15, 0.2) is 0 Å². The summed E-state index contributed by atoms with van der Waals surface area (Å²) in [6.45, 7) is 2.77. The van der Waals surface area contributed by atoms with Crippen LogP contribution in [-0.4, -0.2) is 27.3 Å². The molecule has 124 valence electrons. The number of carbonyl (C=O) groups excluding carboxylic acids is 1. The molecule has 0 N–H and O–H groups in total. The van der Waals surface area contributed by atoms with Gasteiger partial charge >= 0.3 is 0 Å². The van der Waals surface area contributed by atoms with Crippen LogP contribution < -0.4 is 0 Å². The lowest BCUT2D eigenvalue weighted by Gasteiger charge is -2.24. The lowest BCUT2D eigenvalue weighted by atomic mass is 10.0. The van der Waals surface area contributed by atoms with Gasteiger partial charge in [-0.1, -0.05) is 18.2 Å². The third-order valence-electron chi connectivity index (χ3n) is 5.21. The summed E-state index contributed by atoms with van der Waals surface area (Å²) in [7, 11) is 0. The Kier molecular flexibility index (Phi) is 4.05. The molecule has 2 aliphatic rings. The number of aromatic nitrogens is 2. The van der Waals surface area contributed by atoms with E-state index in [0.29, 0.717) is 6.42 Å². The van der Waals surface area contributed by atoms with Crippen molar-refractivity contribution in [1.82, 2.24) is 14.9 Å². The standard InChI is InChI=1S/C20H23N3O/c1-14-12-21-13-18(22-14)19-6-3-9-23(19)20(24)11-15-7-8-16-4-2-5-17(16)10-15/h7-8,10,12-13,19H,2-6,9,11H2,1H3. The number of fused-ring (bicyclic) bond motifs is 1. The summed E-state index contributed by atoms with van der Waals surface area (Å²) in [6, 6.07) is 6.65. The Balaban J connectivity index is 1.51.